The van der Waals surface area contributed by atoms with Crippen molar-refractivity contribution in [2.75, 3.05) is 23.5 Å². The van der Waals surface area contributed by atoms with Crippen LogP contribution in [0.4, 0.5) is 11.6 Å². The summed E-state index contributed by atoms with van der Waals surface area (Å²) in [7, 11) is -0.792. The van der Waals surface area contributed by atoms with Gasteiger partial charge in [0.2, 0.25) is 0 Å². The Hall–Kier alpha value is -1.21. The molecule has 0 fully saturated rings. The lowest BCUT2D eigenvalue weighted by Crippen LogP contribution is -2.18. The lowest BCUT2D eigenvalue weighted by molar-refractivity contribution is 0.672. The Morgan fingerprint density at radius 1 is 1.35 bits per heavy atom. The van der Waals surface area contributed by atoms with Crippen LogP contribution in [0.2, 0.25) is 0 Å². The molecule has 7 heteroatoms. The van der Waals surface area contributed by atoms with Crippen molar-refractivity contribution in [1.29, 1.82) is 0 Å². The second-order valence-electron chi connectivity index (χ2n) is 4.88. The minimum absolute atomic E-state index is 0.173. The van der Waals surface area contributed by atoms with Crippen LogP contribution in [-0.2, 0) is 17.2 Å². The third-order valence-electron chi connectivity index (χ3n) is 3.21. The fourth-order valence-electron chi connectivity index (χ4n) is 1.77. The van der Waals surface area contributed by atoms with Gasteiger partial charge in [0.05, 0.1) is 0 Å². The molecule has 0 amide bonds. The zero-order valence-corrected chi connectivity index (χ0v) is 13.5. The van der Waals surface area contributed by atoms with Crippen LogP contribution in [-0.4, -0.2) is 32.2 Å². The van der Waals surface area contributed by atoms with Crippen molar-refractivity contribution >= 4 is 22.4 Å². The van der Waals surface area contributed by atoms with E-state index in [-0.39, 0.29) is 5.25 Å². The zero-order chi connectivity index (χ0) is 15.1. The van der Waals surface area contributed by atoms with Crippen molar-refractivity contribution in [2.45, 2.75) is 45.3 Å². The lowest BCUT2D eigenvalue weighted by atomic mass is 10.2. The summed E-state index contributed by atoms with van der Waals surface area (Å²) in [5.41, 5.74) is 3.51. The summed E-state index contributed by atoms with van der Waals surface area (Å²) >= 11 is 0. The monoisotopic (exact) mass is 299 g/mol. The standard InChI is InChI=1S/C13H25N5OS/c1-5-6-11-16-12(10(3)13(17-11)18-14)15-8-7-9(2)20(4)19/h9H,5-8,14H2,1-4H3,(H2,15,16,17,18). The molecular formula is C13H25N5OS. The van der Waals surface area contributed by atoms with E-state index in [0.29, 0.717) is 5.82 Å². The first-order chi connectivity index (χ1) is 9.49. The molecule has 20 heavy (non-hydrogen) atoms. The molecule has 0 saturated carbocycles. The molecule has 6 nitrogen and oxygen atoms in total. The Morgan fingerprint density at radius 2 is 2.00 bits per heavy atom. The summed E-state index contributed by atoms with van der Waals surface area (Å²) < 4.78 is 11.3. The minimum Gasteiger partial charge on any atom is -0.370 e. The summed E-state index contributed by atoms with van der Waals surface area (Å²) in [6, 6.07) is 0. The van der Waals surface area contributed by atoms with Crippen LogP contribution in [0.5, 0.6) is 0 Å². The molecule has 1 aromatic heterocycles. The van der Waals surface area contributed by atoms with Gasteiger partial charge in [0.25, 0.3) is 0 Å². The molecule has 1 rings (SSSR count). The van der Waals surface area contributed by atoms with Gasteiger partial charge in [0.1, 0.15) is 17.5 Å². The normalized spacial score (nSPS) is 13.8. The second kappa shape index (κ2) is 8.16. The second-order valence-corrected chi connectivity index (χ2v) is 6.68. The van der Waals surface area contributed by atoms with Gasteiger partial charge in [-0.15, -0.1) is 0 Å². The number of hydrogen-bond donors (Lipinski definition) is 3. The van der Waals surface area contributed by atoms with Crippen molar-refractivity contribution in [3.63, 3.8) is 0 Å². The Morgan fingerprint density at radius 3 is 2.55 bits per heavy atom. The van der Waals surface area contributed by atoms with Crippen molar-refractivity contribution < 1.29 is 4.21 Å². The highest BCUT2D eigenvalue weighted by molar-refractivity contribution is 7.84. The van der Waals surface area contributed by atoms with E-state index in [1.807, 2.05) is 13.8 Å². The number of nitrogen functional groups attached to an aromatic ring is 1. The van der Waals surface area contributed by atoms with Crippen LogP contribution < -0.4 is 16.6 Å². The minimum atomic E-state index is -0.792. The Kier molecular flexibility index (Phi) is 6.87. The highest BCUT2D eigenvalue weighted by Crippen LogP contribution is 2.19. The highest BCUT2D eigenvalue weighted by Gasteiger charge is 2.11. The van der Waals surface area contributed by atoms with Gasteiger partial charge in [-0.05, 0) is 19.8 Å². The summed E-state index contributed by atoms with van der Waals surface area (Å²) in [5.74, 6) is 7.72. The molecule has 0 aromatic carbocycles. The van der Waals surface area contributed by atoms with Crippen LogP contribution >= 0.6 is 0 Å². The van der Waals surface area contributed by atoms with Crippen LogP contribution in [0.25, 0.3) is 0 Å². The summed E-state index contributed by atoms with van der Waals surface area (Å²) in [6.07, 6.45) is 4.37. The maximum Gasteiger partial charge on any atom is 0.148 e. The van der Waals surface area contributed by atoms with Crippen molar-refractivity contribution in [3.05, 3.63) is 11.4 Å². The zero-order valence-electron chi connectivity index (χ0n) is 12.7. The quantitative estimate of drug-likeness (QED) is 0.498. The molecule has 0 bridgehead atoms. The van der Waals surface area contributed by atoms with E-state index < -0.39 is 10.8 Å². The van der Waals surface area contributed by atoms with E-state index in [9.17, 15) is 4.21 Å². The first-order valence-corrected chi connectivity index (χ1v) is 8.51. The molecule has 0 aliphatic rings. The molecule has 2 atom stereocenters. The topological polar surface area (TPSA) is 92.9 Å². The first kappa shape index (κ1) is 16.8. The smallest absolute Gasteiger partial charge is 0.148 e. The number of aromatic nitrogens is 2. The number of nitrogens with zero attached hydrogens (tertiary/aromatic N) is 2. The van der Waals surface area contributed by atoms with E-state index in [0.717, 1.165) is 43.0 Å². The number of aryl methyl sites for hydroxylation is 1. The number of hydrazine groups is 1. The number of hydrogen-bond acceptors (Lipinski definition) is 6. The molecular weight excluding hydrogens is 274 g/mol. The maximum absolute atomic E-state index is 11.3. The molecule has 4 N–H and O–H groups in total. The summed E-state index contributed by atoms with van der Waals surface area (Å²) in [4.78, 5) is 8.90. The summed E-state index contributed by atoms with van der Waals surface area (Å²) in [5, 5.41) is 3.46. The fourth-order valence-corrected chi connectivity index (χ4v) is 2.22. The fraction of sp³-hybridized carbons (Fsp3) is 0.692. The van der Waals surface area contributed by atoms with E-state index in [1.54, 1.807) is 6.26 Å². The Balaban J connectivity index is 2.77. The number of nitrogens with one attached hydrogen (secondary N) is 2. The third kappa shape index (κ3) is 4.72. The van der Waals surface area contributed by atoms with E-state index in [1.165, 1.54) is 0 Å². The average Bonchev–Trinajstić information content (AvgIpc) is 2.41. The number of nitrogens with two attached hydrogens (primary N) is 1. The molecule has 114 valence electrons. The van der Waals surface area contributed by atoms with Gasteiger partial charge >= 0.3 is 0 Å². The molecule has 1 heterocycles. The predicted octanol–water partition coefficient (Wildman–Crippen LogP) is 1.59. The Bertz CT molecular complexity index is 466. The average molecular weight is 299 g/mol. The van der Waals surface area contributed by atoms with Crippen LogP contribution in [0, 0.1) is 6.92 Å². The molecule has 0 spiro atoms. The third-order valence-corrected chi connectivity index (χ3v) is 4.58. The SMILES string of the molecule is CCCc1nc(NN)c(C)c(NCCC(C)S(C)=O)n1. The van der Waals surface area contributed by atoms with Gasteiger partial charge in [-0.1, -0.05) is 13.8 Å². The molecule has 0 aliphatic carbocycles. The van der Waals surface area contributed by atoms with Crippen LogP contribution in [0.1, 0.15) is 38.1 Å². The van der Waals surface area contributed by atoms with Gasteiger partial charge in [0.15, 0.2) is 0 Å². The summed E-state index contributed by atoms with van der Waals surface area (Å²) in [6.45, 7) is 6.73. The van der Waals surface area contributed by atoms with Crippen molar-refractivity contribution in [2.24, 2.45) is 5.84 Å². The first-order valence-electron chi connectivity index (χ1n) is 6.89. The van der Waals surface area contributed by atoms with E-state index in [4.69, 9.17) is 5.84 Å². The van der Waals surface area contributed by atoms with E-state index >= 15 is 0 Å². The van der Waals surface area contributed by atoms with Gasteiger partial charge in [-0.25, -0.2) is 15.8 Å². The van der Waals surface area contributed by atoms with E-state index in [2.05, 4.69) is 27.6 Å². The predicted molar refractivity (Wildman–Crippen MR) is 85.2 cm³/mol. The van der Waals surface area contributed by atoms with Crippen molar-refractivity contribution in [3.8, 4) is 0 Å². The molecule has 2 unspecified atom stereocenters. The van der Waals surface area contributed by atoms with Crippen molar-refractivity contribution in [1.82, 2.24) is 9.97 Å². The molecule has 0 saturated heterocycles. The van der Waals surface area contributed by atoms with Gasteiger partial charge < -0.3 is 10.7 Å². The van der Waals surface area contributed by atoms with Gasteiger partial charge in [-0.3, -0.25) is 4.21 Å². The van der Waals surface area contributed by atoms with Gasteiger partial charge in [0, 0.05) is 40.8 Å². The number of rotatable bonds is 8. The van der Waals surface area contributed by atoms with Crippen LogP contribution in [0.15, 0.2) is 0 Å². The largest absolute Gasteiger partial charge is 0.370 e. The van der Waals surface area contributed by atoms with Crippen LogP contribution in [0.3, 0.4) is 0 Å². The lowest BCUT2D eigenvalue weighted by Gasteiger charge is -2.14. The Labute approximate surface area is 123 Å². The highest BCUT2D eigenvalue weighted by atomic mass is 32.2. The molecule has 0 aliphatic heterocycles. The van der Waals surface area contributed by atoms with Gasteiger partial charge in [-0.2, -0.15) is 0 Å². The number of anilines is 2. The molecule has 0 radical (unpaired) electrons. The molecule has 1 aromatic rings. The maximum atomic E-state index is 11.3.